The topological polar surface area (TPSA) is 73.2 Å². The number of anilines is 3. The predicted octanol–water partition coefficient (Wildman–Crippen LogP) is 6.99. The molecule has 0 fully saturated rings. The van der Waals surface area contributed by atoms with E-state index in [1.54, 1.807) is 35.2 Å². The fourth-order valence-corrected chi connectivity index (χ4v) is 3.53. The summed E-state index contributed by atoms with van der Waals surface area (Å²) >= 11 is 0. The third-order valence-electron chi connectivity index (χ3n) is 5.24. The molecule has 0 aliphatic heterocycles. The Kier molecular flexibility index (Phi) is 5.65. The lowest BCUT2D eigenvalue weighted by Gasteiger charge is -2.27. The quantitative estimate of drug-likeness (QED) is 0.320. The lowest BCUT2D eigenvalue weighted by molar-refractivity contribution is 0.452. The van der Waals surface area contributed by atoms with Gasteiger partial charge in [0.05, 0.1) is 17.1 Å². The lowest BCUT2D eigenvalue weighted by atomic mass is 10.1. The van der Waals surface area contributed by atoms with Gasteiger partial charge in [0.2, 0.25) is 0 Å². The monoisotopic (exact) mass is 427 g/mol. The molecule has 5 heteroatoms. The molecule has 0 unspecified atom stereocenters. The second-order valence-electron chi connectivity index (χ2n) is 7.87. The van der Waals surface area contributed by atoms with Gasteiger partial charge < -0.3 is 25.0 Å². The molecule has 5 nitrogen and oxygen atoms in total. The summed E-state index contributed by atoms with van der Waals surface area (Å²) in [5.41, 5.74) is 4.37. The third-order valence-corrected chi connectivity index (χ3v) is 5.24. The normalized spacial score (nSPS) is 10.7. The van der Waals surface area contributed by atoms with Crippen LogP contribution < -0.4 is 9.64 Å². The van der Waals surface area contributed by atoms with Crippen molar-refractivity contribution in [2.45, 2.75) is 20.8 Å². The number of aryl methyl sites for hydroxylation is 3. The van der Waals surface area contributed by atoms with Gasteiger partial charge in [-0.1, -0.05) is 24.3 Å². The van der Waals surface area contributed by atoms with E-state index in [0.717, 1.165) is 16.7 Å². The Balaban J connectivity index is 1.80. The number of hydrogen-bond acceptors (Lipinski definition) is 5. The van der Waals surface area contributed by atoms with Crippen LogP contribution in [0.3, 0.4) is 0 Å². The van der Waals surface area contributed by atoms with Crippen molar-refractivity contribution in [1.29, 1.82) is 0 Å². The zero-order valence-electron chi connectivity index (χ0n) is 18.2. The standard InChI is InChI=1S/C27H25NO4/c1-17-7-11-23(26(30)13-17)28(24-12-8-18(2)14-27(24)31)20-5-4-6-21(15-20)32-22-10-9-19(3)25(29)16-22/h4-16,29-31H,1-3H3. The highest BCUT2D eigenvalue weighted by molar-refractivity contribution is 5.83. The molecule has 0 spiro atoms. The molecule has 0 radical (unpaired) electrons. The fraction of sp³-hybridized carbons (Fsp3) is 0.111. The summed E-state index contributed by atoms with van der Waals surface area (Å²) in [7, 11) is 0. The smallest absolute Gasteiger partial charge is 0.139 e. The first-order chi connectivity index (χ1) is 15.3. The van der Waals surface area contributed by atoms with Crippen LogP contribution in [-0.2, 0) is 0 Å². The molecular formula is C27H25NO4. The number of phenols is 3. The van der Waals surface area contributed by atoms with Crippen LogP contribution in [0.4, 0.5) is 17.1 Å². The number of benzene rings is 4. The average molecular weight is 428 g/mol. The minimum absolute atomic E-state index is 0.0970. The van der Waals surface area contributed by atoms with Crippen LogP contribution in [0.25, 0.3) is 0 Å². The number of aromatic hydroxyl groups is 3. The Morgan fingerprint density at radius 2 is 1.19 bits per heavy atom. The molecule has 4 aromatic carbocycles. The molecule has 0 aromatic heterocycles. The van der Waals surface area contributed by atoms with Crippen molar-refractivity contribution in [3.05, 3.63) is 95.6 Å². The summed E-state index contributed by atoms with van der Waals surface area (Å²) in [5, 5.41) is 31.4. The Hall–Kier alpha value is -4.12. The van der Waals surface area contributed by atoms with E-state index >= 15 is 0 Å². The van der Waals surface area contributed by atoms with Gasteiger partial charge in [-0.3, -0.25) is 0 Å². The van der Waals surface area contributed by atoms with Gasteiger partial charge in [-0.25, -0.2) is 0 Å². The SMILES string of the molecule is Cc1ccc(N(c2cccc(Oc3ccc(C)c(O)c3)c2)c2ccc(C)cc2O)c(O)c1. The summed E-state index contributed by atoms with van der Waals surface area (Å²) in [4.78, 5) is 1.78. The Morgan fingerprint density at radius 3 is 1.75 bits per heavy atom. The van der Waals surface area contributed by atoms with E-state index in [9.17, 15) is 15.3 Å². The summed E-state index contributed by atoms with van der Waals surface area (Å²) in [6, 6.07) is 23.3. The maximum atomic E-state index is 10.7. The van der Waals surface area contributed by atoms with E-state index in [1.807, 2.05) is 69.3 Å². The van der Waals surface area contributed by atoms with Gasteiger partial charge in [-0.15, -0.1) is 0 Å². The molecule has 32 heavy (non-hydrogen) atoms. The van der Waals surface area contributed by atoms with Crippen molar-refractivity contribution in [2.24, 2.45) is 0 Å². The van der Waals surface area contributed by atoms with Gasteiger partial charge in [0.25, 0.3) is 0 Å². The van der Waals surface area contributed by atoms with Gasteiger partial charge in [0, 0.05) is 12.1 Å². The summed E-state index contributed by atoms with van der Waals surface area (Å²) in [6.45, 7) is 5.63. The molecule has 3 N–H and O–H groups in total. The molecule has 0 heterocycles. The number of rotatable bonds is 5. The molecule has 0 saturated carbocycles. The average Bonchev–Trinajstić information content (AvgIpc) is 2.74. The zero-order chi connectivity index (χ0) is 22.8. The van der Waals surface area contributed by atoms with Crippen LogP contribution in [0.1, 0.15) is 16.7 Å². The molecule has 0 saturated heterocycles. The van der Waals surface area contributed by atoms with E-state index in [2.05, 4.69) is 0 Å². The second-order valence-corrected chi connectivity index (χ2v) is 7.87. The van der Waals surface area contributed by atoms with E-state index in [0.29, 0.717) is 28.6 Å². The molecule has 4 aromatic rings. The van der Waals surface area contributed by atoms with Crippen molar-refractivity contribution in [3.8, 4) is 28.7 Å². The van der Waals surface area contributed by atoms with Crippen molar-refractivity contribution in [2.75, 3.05) is 4.90 Å². The number of hydrogen-bond donors (Lipinski definition) is 3. The highest BCUT2D eigenvalue weighted by Crippen LogP contribution is 2.44. The van der Waals surface area contributed by atoms with Crippen LogP contribution in [0.2, 0.25) is 0 Å². The molecule has 4 rings (SSSR count). The fourth-order valence-electron chi connectivity index (χ4n) is 3.53. The van der Waals surface area contributed by atoms with Gasteiger partial charge in [0.1, 0.15) is 28.7 Å². The molecule has 0 bridgehead atoms. The number of phenolic OH excluding ortho intramolecular Hbond substituents is 3. The van der Waals surface area contributed by atoms with E-state index in [-0.39, 0.29) is 17.2 Å². The van der Waals surface area contributed by atoms with Crippen LogP contribution in [0, 0.1) is 20.8 Å². The number of ether oxygens (including phenoxy) is 1. The maximum absolute atomic E-state index is 10.7. The Morgan fingerprint density at radius 1 is 0.594 bits per heavy atom. The summed E-state index contributed by atoms with van der Waals surface area (Å²) < 4.78 is 5.96. The molecular weight excluding hydrogens is 402 g/mol. The first kappa shape index (κ1) is 21.1. The third kappa shape index (κ3) is 4.32. The van der Waals surface area contributed by atoms with Gasteiger partial charge >= 0.3 is 0 Å². The predicted molar refractivity (Wildman–Crippen MR) is 127 cm³/mol. The molecule has 162 valence electrons. The summed E-state index contributed by atoms with van der Waals surface area (Å²) in [5.74, 6) is 1.41. The molecule has 0 aliphatic carbocycles. The Labute approximate surface area is 187 Å². The first-order valence-electron chi connectivity index (χ1n) is 10.3. The van der Waals surface area contributed by atoms with Crippen molar-refractivity contribution >= 4 is 17.1 Å². The van der Waals surface area contributed by atoms with Crippen molar-refractivity contribution in [1.82, 2.24) is 0 Å². The van der Waals surface area contributed by atoms with Crippen molar-refractivity contribution in [3.63, 3.8) is 0 Å². The molecule has 0 amide bonds. The largest absolute Gasteiger partial charge is 0.508 e. The van der Waals surface area contributed by atoms with Gasteiger partial charge in [0.15, 0.2) is 0 Å². The lowest BCUT2D eigenvalue weighted by Crippen LogP contribution is -2.10. The van der Waals surface area contributed by atoms with Crippen LogP contribution in [-0.4, -0.2) is 15.3 Å². The molecule has 0 aliphatic rings. The Bertz CT molecular complexity index is 1230. The maximum Gasteiger partial charge on any atom is 0.139 e. The van der Waals surface area contributed by atoms with Crippen LogP contribution in [0.15, 0.2) is 78.9 Å². The second kappa shape index (κ2) is 8.55. The number of nitrogens with zero attached hydrogens (tertiary/aromatic N) is 1. The van der Waals surface area contributed by atoms with E-state index < -0.39 is 0 Å². The highest BCUT2D eigenvalue weighted by Gasteiger charge is 2.20. The zero-order valence-corrected chi connectivity index (χ0v) is 18.2. The summed E-state index contributed by atoms with van der Waals surface area (Å²) in [6.07, 6.45) is 0. The highest BCUT2D eigenvalue weighted by atomic mass is 16.5. The van der Waals surface area contributed by atoms with Crippen LogP contribution in [0.5, 0.6) is 28.7 Å². The first-order valence-corrected chi connectivity index (χ1v) is 10.3. The minimum Gasteiger partial charge on any atom is -0.508 e. The minimum atomic E-state index is 0.0970. The van der Waals surface area contributed by atoms with E-state index in [1.165, 1.54) is 0 Å². The van der Waals surface area contributed by atoms with Crippen LogP contribution >= 0.6 is 0 Å². The van der Waals surface area contributed by atoms with E-state index in [4.69, 9.17) is 4.74 Å². The van der Waals surface area contributed by atoms with Gasteiger partial charge in [-0.05, 0) is 79.9 Å². The molecule has 0 atom stereocenters. The van der Waals surface area contributed by atoms with Gasteiger partial charge in [-0.2, -0.15) is 0 Å². The van der Waals surface area contributed by atoms with Crippen molar-refractivity contribution < 1.29 is 20.1 Å².